The van der Waals surface area contributed by atoms with Gasteiger partial charge in [-0.05, 0) is 102 Å². The molecular formula is C36H37NO3. The Hall–Kier alpha value is -4.02. The Morgan fingerprint density at radius 1 is 0.700 bits per heavy atom. The summed E-state index contributed by atoms with van der Waals surface area (Å²) in [5, 5.41) is 0. The summed E-state index contributed by atoms with van der Waals surface area (Å²) in [6.07, 6.45) is 4.53. The van der Waals surface area contributed by atoms with Crippen LogP contribution in [-0.4, -0.2) is 38.3 Å². The number of allylic oxidation sites excluding steroid dienone is 1. The fraction of sp³-hybridized carbons (Fsp3) is 0.278. The van der Waals surface area contributed by atoms with Crippen molar-refractivity contribution in [3.05, 3.63) is 125 Å². The van der Waals surface area contributed by atoms with E-state index in [2.05, 4.69) is 83.8 Å². The zero-order valence-corrected chi connectivity index (χ0v) is 23.3. The Labute approximate surface area is 237 Å². The molecule has 40 heavy (non-hydrogen) atoms. The van der Waals surface area contributed by atoms with Gasteiger partial charge >= 0.3 is 0 Å². The van der Waals surface area contributed by atoms with Crippen LogP contribution in [0.3, 0.4) is 0 Å². The van der Waals surface area contributed by atoms with Crippen molar-refractivity contribution in [3.8, 4) is 17.2 Å². The first-order valence-corrected chi connectivity index (χ1v) is 14.4. The van der Waals surface area contributed by atoms with Crippen LogP contribution in [0.4, 0.5) is 0 Å². The van der Waals surface area contributed by atoms with E-state index in [4.69, 9.17) is 14.2 Å². The summed E-state index contributed by atoms with van der Waals surface area (Å²) in [6.45, 7) is 4.62. The fourth-order valence-electron chi connectivity index (χ4n) is 5.87. The molecule has 1 fully saturated rings. The second kappa shape index (κ2) is 12.4. The molecule has 0 saturated carbocycles. The first kappa shape index (κ1) is 26.2. The molecule has 204 valence electrons. The Morgan fingerprint density at radius 3 is 2.15 bits per heavy atom. The van der Waals surface area contributed by atoms with Gasteiger partial charge < -0.3 is 14.2 Å². The maximum atomic E-state index is 6.26. The lowest BCUT2D eigenvalue weighted by atomic mass is 9.79. The van der Waals surface area contributed by atoms with Crippen LogP contribution >= 0.6 is 0 Å². The Kier molecular flexibility index (Phi) is 8.15. The monoisotopic (exact) mass is 531 g/mol. The second-order valence-electron chi connectivity index (χ2n) is 10.6. The minimum Gasteiger partial charge on any atom is -0.493 e. The number of benzene rings is 4. The van der Waals surface area contributed by atoms with Crippen LogP contribution in [0.15, 0.2) is 97.1 Å². The third-order valence-corrected chi connectivity index (χ3v) is 7.98. The average Bonchev–Trinajstić information content (AvgIpc) is 3.54. The lowest BCUT2D eigenvalue weighted by Crippen LogP contribution is -2.25. The third kappa shape index (κ3) is 5.93. The van der Waals surface area contributed by atoms with Gasteiger partial charge in [0, 0.05) is 6.54 Å². The average molecular weight is 532 g/mol. The van der Waals surface area contributed by atoms with Crippen LogP contribution in [0.25, 0.3) is 11.1 Å². The number of aryl methyl sites for hydroxylation is 1. The van der Waals surface area contributed by atoms with E-state index in [1.54, 1.807) is 7.11 Å². The molecule has 0 unspecified atom stereocenters. The number of nitrogens with zero attached hydrogens (tertiary/aromatic N) is 1. The van der Waals surface area contributed by atoms with Crippen molar-refractivity contribution in [1.29, 1.82) is 0 Å². The van der Waals surface area contributed by atoms with Gasteiger partial charge in [0.1, 0.15) is 19.0 Å². The molecule has 4 nitrogen and oxygen atoms in total. The Balaban J connectivity index is 1.31. The highest BCUT2D eigenvalue weighted by Gasteiger charge is 2.24. The molecule has 4 heteroatoms. The summed E-state index contributed by atoms with van der Waals surface area (Å²) in [5.41, 5.74) is 8.68. The van der Waals surface area contributed by atoms with Gasteiger partial charge in [0.25, 0.3) is 0 Å². The molecule has 0 amide bonds. The van der Waals surface area contributed by atoms with Gasteiger partial charge in [0.15, 0.2) is 11.5 Å². The zero-order valence-electron chi connectivity index (χ0n) is 23.3. The van der Waals surface area contributed by atoms with Crippen molar-refractivity contribution in [2.75, 3.05) is 33.4 Å². The van der Waals surface area contributed by atoms with Crippen molar-refractivity contribution in [2.24, 2.45) is 0 Å². The van der Waals surface area contributed by atoms with Gasteiger partial charge in [-0.15, -0.1) is 0 Å². The van der Waals surface area contributed by atoms with Crippen LogP contribution in [0.5, 0.6) is 17.2 Å². The number of hydrogen-bond acceptors (Lipinski definition) is 4. The van der Waals surface area contributed by atoms with Gasteiger partial charge in [0.05, 0.1) is 7.11 Å². The van der Waals surface area contributed by atoms with Crippen molar-refractivity contribution < 1.29 is 14.2 Å². The minimum absolute atomic E-state index is 0.507. The summed E-state index contributed by atoms with van der Waals surface area (Å²) >= 11 is 0. The molecule has 4 aromatic rings. The van der Waals surface area contributed by atoms with E-state index in [9.17, 15) is 0 Å². The van der Waals surface area contributed by atoms with Crippen molar-refractivity contribution in [3.63, 3.8) is 0 Å². The van der Waals surface area contributed by atoms with Crippen molar-refractivity contribution in [2.45, 2.75) is 32.3 Å². The van der Waals surface area contributed by atoms with E-state index in [1.165, 1.54) is 59.3 Å². The molecule has 0 spiro atoms. The van der Waals surface area contributed by atoms with E-state index < -0.39 is 0 Å². The van der Waals surface area contributed by atoms with E-state index in [0.29, 0.717) is 6.61 Å². The van der Waals surface area contributed by atoms with E-state index in [-0.39, 0.29) is 0 Å². The highest BCUT2D eigenvalue weighted by Crippen LogP contribution is 2.45. The summed E-state index contributed by atoms with van der Waals surface area (Å²) in [7, 11) is 1.72. The molecule has 0 bridgehead atoms. The first-order valence-electron chi connectivity index (χ1n) is 14.4. The van der Waals surface area contributed by atoms with Crippen molar-refractivity contribution in [1.82, 2.24) is 4.90 Å². The van der Waals surface area contributed by atoms with Crippen LogP contribution in [-0.2, 0) is 13.0 Å². The van der Waals surface area contributed by atoms with Crippen LogP contribution in [0, 0.1) is 0 Å². The molecule has 6 rings (SSSR count). The van der Waals surface area contributed by atoms with Gasteiger partial charge in [-0.3, -0.25) is 4.90 Å². The van der Waals surface area contributed by atoms with Gasteiger partial charge in [-0.1, -0.05) is 72.8 Å². The second-order valence-corrected chi connectivity index (χ2v) is 10.6. The Bertz CT molecular complexity index is 1440. The van der Waals surface area contributed by atoms with Gasteiger partial charge in [-0.25, -0.2) is 0 Å². The fourth-order valence-corrected chi connectivity index (χ4v) is 5.87. The number of likely N-dealkylation sites (tertiary alicyclic amines) is 1. The van der Waals surface area contributed by atoms with E-state index in [0.717, 1.165) is 48.8 Å². The van der Waals surface area contributed by atoms with E-state index in [1.807, 2.05) is 18.2 Å². The van der Waals surface area contributed by atoms with Crippen LogP contribution in [0.2, 0.25) is 0 Å². The Morgan fingerprint density at radius 2 is 1.43 bits per heavy atom. The van der Waals surface area contributed by atoms with Crippen molar-refractivity contribution >= 4 is 11.1 Å². The first-order chi connectivity index (χ1) is 19.8. The molecule has 0 aromatic heterocycles. The van der Waals surface area contributed by atoms with Gasteiger partial charge in [-0.2, -0.15) is 0 Å². The molecule has 1 saturated heterocycles. The maximum absolute atomic E-state index is 6.26. The predicted octanol–water partition coefficient (Wildman–Crippen LogP) is 7.65. The van der Waals surface area contributed by atoms with Crippen LogP contribution < -0.4 is 14.2 Å². The third-order valence-electron chi connectivity index (χ3n) is 7.98. The molecular weight excluding hydrogens is 494 g/mol. The largest absolute Gasteiger partial charge is 0.493 e. The standard InChI is InChI=1S/C36H37NO3/c1-38-34-25-33-30(24-35(34)40-26-27-10-4-2-5-11-27)16-19-32(28-12-6-3-7-13-28)36(33)29-14-17-31(18-15-29)39-23-22-37-20-8-9-21-37/h2-7,10-15,17-18,24-25H,8-9,16,19-23,26H2,1H3. The lowest BCUT2D eigenvalue weighted by molar-refractivity contribution is 0.238. The number of methoxy groups -OCH3 is 1. The topological polar surface area (TPSA) is 30.9 Å². The summed E-state index contributed by atoms with van der Waals surface area (Å²) in [6, 6.07) is 34.0. The SMILES string of the molecule is COc1cc2c(cc1OCc1ccccc1)CCC(c1ccccc1)=C2c1ccc(OCCN2CCCC2)cc1. The summed E-state index contributed by atoms with van der Waals surface area (Å²) in [5.74, 6) is 2.46. The summed E-state index contributed by atoms with van der Waals surface area (Å²) in [4.78, 5) is 2.48. The smallest absolute Gasteiger partial charge is 0.161 e. The molecule has 0 atom stereocenters. The minimum atomic E-state index is 0.507. The highest BCUT2D eigenvalue weighted by atomic mass is 16.5. The highest BCUT2D eigenvalue weighted by molar-refractivity contribution is 6.01. The van der Waals surface area contributed by atoms with Crippen LogP contribution in [0.1, 0.15) is 47.1 Å². The molecule has 2 aliphatic rings. The molecule has 4 aromatic carbocycles. The predicted molar refractivity (Wildman–Crippen MR) is 162 cm³/mol. The normalized spacial score (nSPS) is 15.1. The number of ether oxygens (including phenoxy) is 3. The molecule has 0 radical (unpaired) electrons. The molecule has 0 N–H and O–H groups in total. The lowest BCUT2D eigenvalue weighted by Gasteiger charge is -2.26. The molecule has 1 heterocycles. The number of rotatable bonds is 10. The quantitative estimate of drug-likeness (QED) is 0.210. The molecule has 1 aliphatic heterocycles. The van der Waals surface area contributed by atoms with Gasteiger partial charge in [0.2, 0.25) is 0 Å². The maximum Gasteiger partial charge on any atom is 0.161 e. The van der Waals surface area contributed by atoms with E-state index >= 15 is 0 Å². The number of fused-ring (bicyclic) bond motifs is 1. The summed E-state index contributed by atoms with van der Waals surface area (Å²) < 4.78 is 18.2. The zero-order chi connectivity index (χ0) is 27.1. The molecule has 1 aliphatic carbocycles. The number of hydrogen-bond donors (Lipinski definition) is 0.